The van der Waals surface area contributed by atoms with E-state index in [-0.39, 0.29) is 17.5 Å². The number of hydrogen-bond donors (Lipinski definition) is 1. The summed E-state index contributed by atoms with van der Waals surface area (Å²) in [7, 11) is 0. The first-order valence-corrected chi connectivity index (χ1v) is 11.0. The van der Waals surface area contributed by atoms with Crippen molar-refractivity contribution < 1.29 is 18.7 Å². The van der Waals surface area contributed by atoms with Crippen LogP contribution in [0.25, 0.3) is 22.0 Å². The molecule has 8 heteroatoms. The SMILES string of the molecule is O=C(CSc1nnc(-c2ccc(F)cc2)c2ccccc12)Nc1ccc2c(c1)OCCO2. The van der Waals surface area contributed by atoms with Crippen molar-refractivity contribution in [1.82, 2.24) is 10.2 Å². The summed E-state index contributed by atoms with van der Waals surface area (Å²) in [6.45, 7) is 1.00. The van der Waals surface area contributed by atoms with E-state index < -0.39 is 0 Å². The van der Waals surface area contributed by atoms with Gasteiger partial charge in [-0.2, -0.15) is 0 Å². The molecule has 6 nitrogen and oxygen atoms in total. The third-order valence-electron chi connectivity index (χ3n) is 4.94. The number of rotatable bonds is 5. The highest BCUT2D eigenvalue weighted by atomic mass is 32.2. The first-order valence-electron chi connectivity index (χ1n) is 10.0. The fourth-order valence-corrected chi connectivity index (χ4v) is 4.23. The summed E-state index contributed by atoms with van der Waals surface area (Å²) >= 11 is 1.31. The first-order chi connectivity index (χ1) is 15.7. The summed E-state index contributed by atoms with van der Waals surface area (Å²) in [4.78, 5) is 12.5. The highest BCUT2D eigenvalue weighted by Gasteiger charge is 2.15. The zero-order valence-corrected chi connectivity index (χ0v) is 17.7. The lowest BCUT2D eigenvalue weighted by atomic mass is 10.1. The fourth-order valence-electron chi connectivity index (χ4n) is 3.46. The molecule has 0 radical (unpaired) electrons. The van der Waals surface area contributed by atoms with Gasteiger partial charge in [-0.05, 0) is 36.4 Å². The van der Waals surface area contributed by atoms with Gasteiger partial charge in [-0.15, -0.1) is 10.2 Å². The van der Waals surface area contributed by atoms with E-state index in [1.54, 1.807) is 30.3 Å². The van der Waals surface area contributed by atoms with Gasteiger partial charge in [0.1, 0.15) is 29.8 Å². The lowest BCUT2D eigenvalue weighted by Crippen LogP contribution is -2.17. The van der Waals surface area contributed by atoms with Crippen molar-refractivity contribution in [1.29, 1.82) is 0 Å². The Labute approximate surface area is 187 Å². The van der Waals surface area contributed by atoms with Crippen molar-refractivity contribution in [3.05, 3.63) is 72.5 Å². The predicted octanol–water partition coefficient (Wildman–Crippen LogP) is 4.94. The maximum Gasteiger partial charge on any atom is 0.234 e. The van der Waals surface area contributed by atoms with Crippen molar-refractivity contribution in [2.45, 2.75) is 5.03 Å². The Kier molecular flexibility index (Phi) is 5.60. The van der Waals surface area contributed by atoms with E-state index in [1.165, 1.54) is 23.9 Å². The number of carbonyl (C=O) groups excluding carboxylic acids is 1. The maximum atomic E-state index is 13.3. The molecule has 1 N–H and O–H groups in total. The van der Waals surface area contributed by atoms with Gasteiger partial charge in [0.2, 0.25) is 5.91 Å². The van der Waals surface area contributed by atoms with Crippen LogP contribution in [0.5, 0.6) is 11.5 Å². The molecule has 1 aliphatic heterocycles. The average molecular weight is 447 g/mol. The third-order valence-corrected chi connectivity index (χ3v) is 5.92. The second-order valence-corrected chi connectivity index (χ2v) is 8.07. The first kappa shape index (κ1) is 20.3. The summed E-state index contributed by atoms with van der Waals surface area (Å²) in [5.74, 6) is 0.993. The molecule has 0 unspecified atom stereocenters. The number of thioether (sulfide) groups is 1. The number of anilines is 1. The van der Waals surface area contributed by atoms with Crippen LogP contribution in [-0.2, 0) is 4.79 Å². The minimum Gasteiger partial charge on any atom is -0.486 e. The van der Waals surface area contributed by atoms with Gasteiger partial charge < -0.3 is 14.8 Å². The van der Waals surface area contributed by atoms with Crippen molar-refractivity contribution in [2.24, 2.45) is 0 Å². The van der Waals surface area contributed by atoms with Crippen LogP contribution in [0.15, 0.2) is 71.8 Å². The van der Waals surface area contributed by atoms with Gasteiger partial charge in [-0.25, -0.2) is 4.39 Å². The normalized spacial score (nSPS) is 12.5. The van der Waals surface area contributed by atoms with Crippen LogP contribution >= 0.6 is 11.8 Å². The number of nitrogens with zero attached hydrogens (tertiary/aromatic N) is 2. The fraction of sp³-hybridized carbons (Fsp3) is 0.125. The van der Waals surface area contributed by atoms with Gasteiger partial charge >= 0.3 is 0 Å². The van der Waals surface area contributed by atoms with Crippen LogP contribution in [0.4, 0.5) is 10.1 Å². The molecule has 0 aliphatic carbocycles. The number of carbonyl (C=O) groups is 1. The molecule has 1 aromatic heterocycles. The molecule has 2 heterocycles. The molecule has 1 amide bonds. The zero-order chi connectivity index (χ0) is 21.9. The van der Waals surface area contributed by atoms with E-state index in [2.05, 4.69) is 15.5 Å². The molecule has 0 bridgehead atoms. The van der Waals surface area contributed by atoms with Crippen LogP contribution in [0.2, 0.25) is 0 Å². The number of benzene rings is 3. The molecule has 0 spiro atoms. The van der Waals surface area contributed by atoms with E-state index in [0.717, 1.165) is 16.3 Å². The molecular formula is C24H18FN3O3S. The van der Waals surface area contributed by atoms with Crippen molar-refractivity contribution in [2.75, 3.05) is 24.3 Å². The second-order valence-electron chi connectivity index (χ2n) is 7.10. The summed E-state index contributed by atoms with van der Waals surface area (Å²) in [5.41, 5.74) is 2.09. The summed E-state index contributed by atoms with van der Waals surface area (Å²) < 4.78 is 24.4. The molecule has 0 fully saturated rings. The lowest BCUT2D eigenvalue weighted by molar-refractivity contribution is -0.113. The van der Waals surface area contributed by atoms with Gasteiger partial charge in [0.05, 0.1) is 5.75 Å². The van der Waals surface area contributed by atoms with E-state index in [0.29, 0.717) is 41.1 Å². The standard InChI is InChI=1S/C24H18FN3O3S/c25-16-7-5-15(6-8-16)23-18-3-1-2-4-19(18)24(28-27-23)32-14-22(29)26-17-9-10-20-21(13-17)31-12-11-30-20/h1-10,13H,11-12,14H2,(H,26,29). The molecular weight excluding hydrogens is 429 g/mol. The number of aromatic nitrogens is 2. The Bertz CT molecular complexity index is 1300. The van der Waals surface area contributed by atoms with Gasteiger partial charge in [-0.1, -0.05) is 36.0 Å². The van der Waals surface area contributed by atoms with E-state index in [1.807, 2.05) is 24.3 Å². The number of nitrogens with one attached hydrogen (secondary N) is 1. The molecule has 1 aliphatic rings. The Morgan fingerprint density at radius 1 is 0.938 bits per heavy atom. The zero-order valence-electron chi connectivity index (χ0n) is 16.9. The monoisotopic (exact) mass is 447 g/mol. The van der Waals surface area contributed by atoms with E-state index >= 15 is 0 Å². The smallest absolute Gasteiger partial charge is 0.234 e. The minimum absolute atomic E-state index is 0.167. The van der Waals surface area contributed by atoms with Gasteiger partial charge in [0, 0.05) is 28.1 Å². The van der Waals surface area contributed by atoms with Crippen molar-refractivity contribution >= 4 is 34.1 Å². The van der Waals surface area contributed by atoms with Crippen molar-refractivity contribution in [3.63, 3.8) is 0 Å². The van der Waals surface area contributed by atoms with Crippen LogP contribution in [0.1, 0.15) is 0 Å². The number of amides is 1. The number of ether oxygens (including phenoxy) is 2. The molecule has 5 rings (SSSR count). The third kappa shape index (κ3) is 4.22. The summed E-state index contributed by atoms with van der Waals surface area (Å²) in [6.07, 6.45) is 0. The van der Waals surface area contributed by atoms with E-state index in [9.17, 15) is 9.18 Å². The highest BCUT2D eigenvalue weighted by molar-refractivity contribution is 8.00. The lowest BCUT2D eigenvalue weighted by Gasteiger charge is -2.19. The molecule has 0 atom stereocenters. The molecule has 3 aromatic carbocycles. The van der Waals surface area contributed by atoms with Crippen molar-refractivity contribution in [3.8, 4) is 22.8 Å². The van der Waals surface area contributed by atoms with Crippen LogP contribution in [-0.4, -0.2) is 35.1 Å². The molecule has 0 saturated heterocycles. The number of halogens is 1. The molecule has 0 saturated carbocycles. The summed E-state index contributed by atoms with van der Waals surface area (Å²) in [6, 6.07) is 19.2. The molecule has 160 valence electrons. The second kappa shape index (κ2) is 8.84. The minimum atomic E-state index is -0.304. The summed E-state index contributed by atoms with van der Waals surface area (Å²) in [5, 5.41) is 14.0. The molecule has 4 aromatic rings. The quantitative estimate of drug-likeness (QED) is 0.437. The Hall–Kier alpha value is -3.65. The average Bonchev–Trinajstić information content (AvgIpc) is 2.83. The maximum absolute atomic E-state index is 13.3. The van der Waals surface area contributed by atoms with Crippen LogP contribution in [0, 0.1) is 5.82 Å². The Morgan fingerprint density at radius 2 is 1.69 bits per heavy atom. The Morgan fingerprint density at radius 3 is 2.50 bits per heavy atom. The van der Waals surface area contributed by atoms with Crippen LogP contribution in [0.3, 0.4) is 0 Å². The van der Waals surface area contributed by atoms with Gasteiger partial charge in [0.25, 0.3) is 0 Å². The molecule has 32 heavy (non-hydrogen) atoms. The largest absolute Gasteiger partial charge is 0.486 e. The van der Waals surface area contributed by atoms with E-state index in [4.69, 9.17) is 9.47 Å². The Balaban J connectivity index is 1.33. The van der Waals surface area contributed by atoms with Gasteiger partial charge in [0.15, 0.2) is 11.5 Å². The highest BCUT2D eigenvalue weighted by Crippen LogP contribution is 2.34. The van der Waals surface area contributed by atoms with Crippen LogP contribution < -0.4 is 14.8 Å². The topological polar surface area (TPSA) is 73.3 Å². The van der Waals surface area contributed by atoms with Gasteiger partial charge in [-0.3, -0.25) is 4.79 Å². The number of hydrogen-bond acceptors (Lipinski definition) is 6. The number of fused-ring (bicyclic) bond motifs is 2. The predicted molar refractivity (Wildman–Crippen MR) is 122 cm³/mol.